The van der Waals surface area contributed by atoms with Gasteiger partial charge in [-0.25, -0.2) is 15.0 Å². The van der Waals surface area contributed by atoms with Crippen LogP contribution in [0.4, 0.5) is 0 Å². The summed E-state index contributed by atoms with van der Waals surface area (Å²) in [5, 5.41) is 2.42. The van der Waals surface area contributed by atoms with E-state index < -0.39 is 0 Å². The molecule has 4 nitrogen and oxygen atoms in total. The van der Waals surface area contributed by atoms with Crippen LogP contribution in [-0.4, -0.2) is 15.0 Å². The molecule has 0 bridgehead atoms. The summed E-state index contributed by atoms with van der Waals surface area (Å²) in [7, 11) is 0. The lowest BCUT2D eigenvalue weighted by molar-refractivity contribution is 0.669. The molecule has 2 heterocycles. The molecule has 4 aromatic carbocycles. The van der Waals surface area contributed by atoms with E-state index in [0.717, 1.165) is 39.5 Å². The van der Waals surface area contributed by atoms with E-state index in [0.29, 0.717) is 28.1 Å². The van der Waals surface area contributed by atoms with Gasteiger partial charge in [-0.15, -0.1) is 0 Å². The quantitative estimate of drug-likeness (QED) is 0.208. The zero-order valence-corrected chi connectivity index (χ0v) is 21.6. The van der Waals surface area contributed by atoms with Crippen LogP contribution in [0.25, 0.3) is 50.3 Å². The van der Waals surface area contributed by atoms with Gasteiger partial charge in [0.25, 0.3) is 0 Å². The van der Waals surface area contributed by atoms with E-state index >= 15 is 0 Å². The third-order valence-corrected chi connectivity index (χ3v) is 6.75. The molecule has 6 aromatic rings. The highest BCUT2D eigenvalue weighted by atomic mass is 35.5. The summed E-state index contributed by atoms with van der Waals surface area (Å²) in [6.07, 6.45) is 7.06. The van der Waals surface area contributed by atoms with Gasteiger partial charge >= 0.3 is 0 Å². The summed E-state index contributed by atoms with van der Waals surface area (Å²) < 4.78 is 6.13. The Hall–Kier alpha value is -4.54. The molecule has 0 amide bonds. The normalized spacial score (nSPS) is 12.1. The molecular weight excluding hydrogens is 490 g/mol. The Morgan fingerprint density at radius 1 is 0.789 bits per heavy atom. The average molecular weight is 514 g/mol. The number of nitrogens with zero attached hydrogens (tertiary/aromatic N) is 3. The maximum atomic E-state index is 6.56. The standard InChI is InChI=1S/C33H24ClN3O/c1-2-23(17-11-14-22-12-5-3-6-13-22)31-35-32(24-15-7-4-8-16-24)37-33(36-31)26-20-21-27(34)30-29(26)25-18-9-10-19-28(25)38-30/h2-13,15-21H,14H2,1H3/b17-11-,23-2+. The van der Waals surface area contributed by atoms with Gasteiger partial charge in [-0.1, -0.05) is 109 Å². The van der Waals surface area contributed by atoms with Crippen molar-refractivity contribution in [3.63, 3.8) is 0 Å². The highest BCUT2D eigenvalue weighted by Gasteiger charge is 2.19. The molecule has 0 radical (unpaired) electrons. The molecule has 0 spiro atoms. The second kappa shape index (κ2) is 10.4. The summed E-state index contributed by atoms with van der Waals surface area (Å²) in [6, 6.07) is 32.1. The molecule has 0 saturated heterocycles. The Kier molecular flexibility index (Phi) is 6.55. The first-order chi connectivity index (χ1) is 18.7. The van der Waals surface area contributed by atoms with Crippen molar-refractivity contribution in [2.45, 2.75) is 13.3 Å². The zero-order chi connectivity index (χ0) is 25.9. The molecular formula is C33H24ClN3O. The van der Waals surface area contributed by atoms with E-state index in [1.54, 1.807) is 0 Å². The molecule has 38 heavy (non-hydrogen) atoms. The van der Waals surface area contributed by atoms with Gasteiger partial charge in [-0.2, -0.15) is 0 Å². The Morgan fingerprint density at radius 2 is 1.50 bits per heavy atom. The van der Waals surface area contributed by atoms with Gasteiger partial charge in [0, 0.05) is 27.5 Å². The number of furan rings is 1. The number of rotatable bonds is 6. The topological polar surface area (TPSA) is 51.8 Å². The second-order valence-electron chi connectivity index (χ2n) is 8.91. The second-order valence-corrected chi connectivity index (χ2v) is 9.31. The molecule has 0 aliphatic heterocycles. The maximum absolute atomic E-state index is 6.56. The first-order valence-electron chi connectivity index (χ1n) is 12.5. The highest BCUT2D eigenvalue weighted by molar-refractivity contribution is 6.36. The monoisotopic (exact) mass is 513 g/mol. The van der Waals surface area contributed by atoms with Crippen molar-refractivity contribution in [3.05, 3.63) is 132 Å². The number of allylic oxidation sites excluding steroid dienone is 4. The predicted molar refractivity (Wildman–Crippen MR) is 156 cm³/mol. The van der Waals surface area contributed by atoms with Crippen LogP contribution in [0.2, 0.25) is 5.02 Å². The molecule has 0 aliphatic carbocycles. The first-order valence-corrected chi connectivity index (χ1v) is 12.9. The molecule has 6 rings (SSSR count). The minimum absolute atomic E-state index is 0.551. The summed E-state index contributed by atoms with van der Waals surface area (Å²) >= 11 is 6.56. The lowest BCUT2D eigenvalue weighted by atomic mass is 10.1. The van der Waals surface area contributed by atoms with E-state index in [-0.39, 0.29) is 0 Å². The molecule has 5 heteroatoms. The molecule has 2 aromatic heterocycles. The molecule has 0 aliphatic rings. The van der Waals surface area contributed by atoms with E-state index in [4.69, 9.17) is 31.0 Å². The lowest BCUT2D eigenvalue weighted by Gasteiger charge is -2.10. The fourth-order valence-electron chi connectivity index (χ4n) is 4.56. The van der Waals surface area contributed by atoms with Crippen molar-refractivity contribution in [1.82, 2.24) is 15.0 Å². The van der Waals surface area contributed by atoms with Crippen LogP contribution in [0.1, 0.15) is 18.3 Å². The van der Waals surface area contributed by atoms with Crippen molar-refractivity contribution >= 4 is 39.1 Å². The Morgan fingerprint density at radius 3 is 2.29 bits per heavy atom. The van der Waals surface area contributed by atoms with Crippen molar-refractivity contribution in [2.75, 3.05) is 0 Å². The van der Waals surface area contributed by atoms with Crippen molar-refractivity contribution in [1.29, 1.82) is 0 Å². The van der Waals surface area contributed by atoms with Crippen LogP contribution in [0.3, 0.4) is 0 Å². The van der Waals surface area contributed by atoms with E-state index in [1.165, 1.54) is 5.56 Å². The largest absolute Gasteiger partial charge is 0.454 e. The van der Waals surface area contributed by atoms with Gasteiger partial charge in [-0.05, 0) is 37.1 Å². The summed E-state index contributed by atoms with van der Waals surface area (Å²) in [4.78, 5) is 14.8. The molecule has 0 atom stereocenters. The Labute approximate surface area is 226 Å². The lowest BCUT2D eigenvalue weighted by Crippen LogP contribution is -2.02. The van der Waals surface area contributed by atoms with Crippen LogP contribution in [0.5, 0.6) is 0 Å². The summed E-state index contributed by atoms with van der Waals surface area (Å²) in [6.45, 7) is 2.00. The van der Waals surface area contributed by atoms with Crippen molar-refractivity contribution in [2.24, 2.45) is 0 Å². The van der Waals surface area contributed by atoms with Gasteiger partial charge in [0.1, 0.15) is 5.58 Å². The zero-order valence-electron chi connectivity index (χ0n) is 20.8. The molecule has 0 unspecified atom stereocenters. The maximum Gasteiger partial charge on any atom is 0.164 e. The van der Waals surface area contributed by atoms with Crippen LogP contribution < -0.4 is 0 Å². The predicted octanol–water partition coefficient (Wildman–Crippen LogP) is 8.96. The third-order valence-electron chi connectivity index (χ3n) is 6.45. The Bertz CT molecular complexity index is 1810. The number of halogens is 1. The van der Waals surface area contributed by atoms with Gasteiger partial charge in [0.2, 0.25) is 0 Å². The van der Waals surface area contributed by atoms with Gasteiger partial charge in [-0.3, -0.25) is 0 Å². The van der Waals surface area contributed by atoms with Crippen LogP contribution >= 0.6 is 11.6 Å². The van der Waals surface area contributed by atoms with Crippen LogP contribution in [0.15, 0.2) is 120 Å². The van der Waals surface area contributed by atoms with Crippen molar-refractivity contribution in [3.8, 4) is 22.8 Å². The van der Waals surface area contributed by atoms with E-state index in [9.17, 15) is 0 Å². The molecule has 0 N–H and O–H groups in total. The minimum atomic E-state index is 0.551. The van der Waals surface area contributed by atoms with Gasteiger partial charge < -0.3 is 4.42 Å². The van der Waals surface area contributed by atoms with Gasteiger partial charge in [0.15, 0.2) is 23.1 Å². The highest BCUT2D eigenvalue weighted by Crippen LogP contribution is 2.39. The number of hydrogen-bond acceptors (Lipinski definition) is 4. The van der Waals surface area contributed by atoms with Gasteiger partial charge in [0.05, 0.1) is 5.02 Å². The third kappa shape index (κ3) is 4.62. The van der Waals surface area contributed by atoms with Crippen molar-refractivity contribution < 1.29 is 4.42 Å². The van der Waals surface area contributed by atoms with Crippen LogP contribution in [0, 0.1) is 0 Å². The number of benzene rings is 4. The molecule has 184 valence electrons. The fourth-order valence-corrected chi connectivity index (χ4v) is 4.76. The smallest absolute Gasteiger partial charge is 0.164 e. The fraction of sp³-hybridized carbons (Fsp3) is 0.0606. The summed E-state index contributed by atoms with van der Waals surface area (Å²) in [5.74, 6) is 1.78. The number of para-hydroxylation sites is 1. The average Bonchev–Trinajstić information content (AvgIpc) is 3.37. The summed E-state index contributed by atoms with van der Waals surface area (Å²) in [5.41, 5.74) is 5.33. The van der Waals surface area contributed by atoms with E-state index in [1.807, 2.05) is 85.8 Å². The Balaban J connectivity index is 1.52. The van der Waals surface area contributed by atoms with Crippen LogP contribution in [-0.2, 0) is 6.42 Å². The number of fused-ring (bicyclic) bond motifs is 3. The molecule has 0 saturated carbocycles. The minimum Gasteiger partial charge on any atom is -0.454 e. The van der Waals surface area contributed by atoms with E-state index in [2.05, 4.69) is 36.4 Å². The first kappa shape index (κ1) is 23.8. The number of aromatic nitrogens is 3. The molecule has 0 fully saturated rings. The SMILES string of the molecule is C/C=C(\C=C/Cc1ccccc1)c1nc(-c2ccccc2)nc(-c2ccc(Cl)c3oc4ccccc4c23)n1. The number of hydrogen-bond donors (Lipinski definition) is 0.